The van der Waals surface area contributed by atoms with Gasteiger partial charge < -0.3 is 4.98 Å². The van der Waals surface area contributed by atoms with Crippen LogP contribution in [-0.4, -0.2) is 24.7 Å². The Hall–Kier alpha value is -2.77. The molecule has 7 heteroatoms. The topological polar surface area (TPSA) is 79.9 Å². The predicted octanol–water partition coefficient (Wildman–Crippen LogP) is 4.95. The maximum atomic E-state index is 13.0. The summed E-state index contributed by atoms with van der Waals surface area (Å²) in [5, 5.41) is 0.655. The van der Waals surface area contributed by atoms with Crippen LogP contribution < -0.4 is 0 Å². The standard InChI is InChI=1S/C21H15BrN2O3S/c1-13-7-8-14(12-25)9-16(13)18-10-17-20(22)19(11-23-21(17)24-18)28(26,27)15-5-3-2-4-6-15/h2-12H,1H3,(H,23,24). The molecule has 28 heavy (non-hydrogen) atoms. The lowest BCUT2D eigenvalue weighted by Gasteiger charge is -2.07. The van der Waals surface area contributed by atoms with Crippen LogP contribution in [0.4, 0.5) is 0 Å². The zero-order chi connectivity index (χ0) is 19.9. The Labute approximate surface area is 170 Å². The van der Waals surface area contributed by atoms with Crippen molar-refractivity contribution >= 4 is 43.1 Å². The number of aromatic amines is 1. The molecule has 0 bridgehead atoms. The summed E-state index contributed by atoms with van der Waals surface area (Å²) >= 11 is 3.45. The van der Waals surface area contributed by atoms with E-state index in [0.29, 0.717) is 21.1 Å². The maximum Gasteiger partial charge on any atom is 0.209 e. The van der Waals surface area contributed by atoms with Crippen molar-refractivity contribution in [2.45, 2.75) is 16.7 Å². The van der Waals surface area contributed by atoms with Crippen molar-refractivity contribution in [1.29, 1.82) is 0 Å². The van der Waals surface area contributed by atoms with Gasteiger partial charge in [-0.3, -0.25) is 4.79 Å². The number of sulfone groups is 1. The fourth-order valence-electron chi connectivity index (χ4n) is 3.09. The third-order valence-electron chi connectivity index (χ3n) is 4.59. The van der Waals surface area contributed by atoms with E-state index in [4.69, 9.17) is 0 Å². The smallest absolute Gasteiger partial charge is 0.209 e. The SMILES string of the molecule is Cc1ccc(C=O)cc1-c1cc2c(Br)c(S(=O)(=O)c3ccccc3)cnc2[nH]1. The molecule has 4 aromatic rings. The number of nitrogens with one attached hydrogen (secondary N) is 1. The number of benzene rings is 2. The summed E-state index contributed by atoms with van der Waals surface area (Å²) in [6, 6.07) is 15.5. The van der Waals surface area contributed by atoms with E-state index in [1.165, 1.54) is 6.20 Å². The summed E-state index contributed by atoms with van der Waals surface area (Å²) < 4.78 is 26.4. The van der Waals surface area contributed by atoms with Gasteiger partial charge in [-0.15, -0.1) is 0 Å². The van der Waals surface area contributed by atoms with Crippen molar-refractivity contribution in [3.05, 3.63) is 76.4 Å². The second-order valence-electron chi connectivity index (χ2n) is 6.39. The highest BCUT2D eigenvalue weighted by Crippen LogP contribution is 2.35. The number of rotatable bonds is 4. The molecule has 0 atom stereocenters. The number of pyridine rings is 1. The van der Waals surface area contributed by atoms with E-state index in [9.17, 15) is 13.2 Å². The van der Waals surface area contributed by atoms with Gasteiger partial charge in [0.05, 0.1) is 4.90 Å². The van der Waals surface area contributed by atoms with Gasteiger partial charge in [0.2, 0.25) is 9.84 Å². The van der Waals surface area contributed by atoms with E-state index in [2.05, 4.69) is 25.9 Å². The van der Waals surface area contributed by atoms with Crippen molar-refractivity contribution in [2.24, 2.45) is 0 Å². The molecule has 1 N–H and O–H groups in total. The zero-order valence-electron chi connectivity index (χ0n) is 14.8. The van der Waals surface area contributed by atoms with Gasteiger partial charge in [0.1, 0.15) is 16.8 Å². The Balaban J connectivity index is 1.89. The van der Waals surface area contributed by atoms with Gasteiger partial charge in [0.25, 0.3) is 0 Å². The number of H-pyrrole nitrogens is 1. The summed E-state index contributed by atoms with van der Waals surface area (Å²) in [5.41, 5.74) is 3.74. The molecule has 2 aromatic heterocycles. The summed E-state index contributed by atoms with van der Waals surface area (Å²) in [7, 11) is -3.70. The van der Waals surface area contributed by atoms with Crippen LogP contribution in [-0.2, 0) is 9.84 Å². The van der Waals surface area contributed by atoms with Crippen LogP contribution in [0.25, 0.3) is 22.3 Å². The molecule has 0 aliphatic carbocycles. The molecule has 0 aliphatic rings. The van der Waals surface area contributed by atoms with E-state index >= 15 is 0 Å². The number of nitrogens with zero attached hydrogens (tertiary/aromatic N) is 1. The van der Waals surface area contributed by atoms with Gasteiger partial charge in [-0.1, -0.05) is 30.3 Å². The predicted molar refractivity (Wildman–Crippen MR) is 111 cm³/mol. The number of carbonyl (C=O) groups is 1. The van der Waals surface area contributed by atoms with Crippen LogP contribution >= 0.6 is 15.9 Å². The number of aromatic nitrogens is 2. The molecule has 0 saturated heterocycles. The Morgan fingerprint density at radius 1 is 1.07 bits per heavy atom. The molecule has 140 valence electrons. The Morgan fingerprint density at radius 2 is 1.82 bits per heavy atom. The second-order valence-corrected chi connectivity index (χ2v) is 9.10. The molecular formula is C21H15BrN2O3S. The quantitative estimate of drug-likeness (QED) is 0.442. The van der Waals surface area contributed by atoms with Gasteiger partial charge in [-0.05, 0) is 52.7 Å². The number of aryl methyl sites for hydroxylation is 1. The maximum absolute atomic E-state index is 13.0. The van der Waals surface area contributed by atoms with Crippen LogP contribution in [0.5, 0.6) is 0 Å². The minimum absolute atomic E-state index is 0.107. The molecular weight excluding hydrogens is 440 g/mol. The van der Waals surface area contributed by atoms with Gasteiger partial charge in [-0.25, -0.2) is 13.4 Å². The molecule has 0 fully saturated rings. The fourth-order valence-corrected chi connectivity index (χ4v) is 5.44. The Bertz CT molecular complexity index is 1310. The molecule has 0 unspecified atom stereocenters. The van der Waals surface area contributed by atoms with Gasteiger partial charge >= 0.3 is 0 Å². The van der Waals surface area contributed by atoms with Gasteiger partial charge in [-0.2, -0.15) is 0 Å². The lowest BCUT2D eigenvalue weighted by molar-refractivity contribution is 0.112. The van der Waals surface area contributed by atoms with Gasteiger partial charge in [0.15, 0.2) is 0 Å². The average molecular weight is 455 g/mol. The minimum Gasteiger partial charge on any atom is -0.339 e. The van der Waals surface area contributed by atoms with E-state index in [0.717, 1.165) is 23.1 Å². The molecule has 0 radical (unpaired) electrons. The van der Waals surface area contributed by atoms with E-state index in [1.54, 1.807) is 42.5 Å². The molecule has 0 spiro atoms. The normalized spacial score (nSPS) is 11.6. The summed E-state index contributed by atoms with van der Waals surface area (Å²) in [4.78, 5) is 19.0. The number of hydrogen-bond donors (Lipinski definition) is 1. The number of carbonyl (C=O) groups excluding carboxylic acids is 1. The van der Waals surface area contributed by atoms with E-state index < -0.39 is 9.84 Å². The zero-order valence-corrected chi connectivity index (χ0v) is 17.2. The lowest BCUT2D eigenvalue weighted by atomic mass is 10.0. The van der Waals surface area contributed by atoms with Crippen molar-refractivity contribution in [1.82, 2.24) is 9.97 Å². The molecule has 0 saturated carbocycles. The third-order valence-corrected chi connectivity index (χ3v) is 7.49. The number of aldehydes is 1. The van der Waals surface area contributed by atoms with E-state index in [-0.39, 0.29) is 9.79 Å². The van der Waals surface area contributed by atoms with Crippen molar-refractivity contribution in [3.63, 3.8) is 0 Å². The van der Waals surface area contributed by atoms with Crippen LogP contribution in [0.1, 0.15) is 15.9 Å². The van der Waals surface area contributed by atoms with Crippen LogP contribution in [0, 0.1) is 6.92 Å². The first kappa shape index (κ1) is 18.6. The highest BCUT2D eigenvalue weighted by atomic mass is 79.9. The molecule has 5 nitrogen and oxygen atoms in total. The highest BCUT2D eigenvalue weighted by molar-refractivity contribution is 9.10. The number of fused-ring (bicyclic) bond motifs is 1. The first-order chi connectivity index (χ1) is 13.4. The number of halogens is 1. The average Bonchev–Trinajstić information content (AvgIpc) is 3.14. The van der Waals surface area contributed by atoms with E-state index in [1.807, 2.05) is 19.1 Å². The first-order valence-corrected chi connectivity index (χ1v) is 10.7. The monoisotopic (exact) mass is 454 g/mol. The molecule has 2 heterocycles. The molecule has 0 aliphatic heterocycles. The second kappa shape index (κ2) is 7.00. The van der Waals surface area contributed by atoms with Crippen LogP contribution in [0.2, 0.25) is 0 Å². The summed E-state index contributed by atoms with van der Waals surface area (Å²) in [6.45, 7) is 1.95. The third kappa shape index (κ3) is 3.06. The first-order valence-electron chi connectivity index (χ1n) is 8.45. The largest absolute Gasteiger partial charge is 0.339 e. The Kier molecular flexibility index (Phi) is 4.64. The van der Waals surface area contributed by atoms with Crippen molar-refractivity contribution in [2.75, 3.05) is 0 Å². The molecule has 0 amide bonds. The van der Waals surface area contributed by atoms with Crippen molar-refractivity contribution < 1.29 is 13.2 Å². The fraction of sp³-hybridized carbons (Fsp3) is 0.0476. The summed E-state index contributed by atoms with van der Waals surface area (Å²) in [6.07, 6.45) is 2.15. The summed E-state index contributed by atoms with van der Waals surface area (Å²) in [5.74, 6) is 0. The van der Waals surface area contributed by atoms with Gasteiger partial charge in [0, 0.05) is 32.9 Å². The highest BCUT2D eigenvalue weighted by Gasteiger charge is 2.23. The van der Waals surface area contributed by atoms with Crippen LogP contribution in [0.15, 0.2) is 75.1 Å². The minimum atomic E-state index is -3.70. The molecule has 2 aromatic carbocycles. The lowest BCUT2D eigenvalue weighted by Crippen LogP contribution is -2.03. The molecule has 4 rings (SSSR count). The number of hydrogen-bond acceptors (Lipinski definition) is 4. The Morgan fingerprint density at radius 3 is 2.54 bits per heavy atom. The van der Waals surface area contributed by atoms with Crippen molar-refractivity contribution in [3.8, 4) is 11.3 Å². The van der Waals surface area contributed by atoms with Crippen LogP contribution in [0.3, 0.4) is 0 Å².